The average Bonchev–Trinajstić information content (AvgIpc) is 2.51. The normalized spacial score (nSPS) is 22.9. The van der Waals surface area contributed by atoms with Gasteiger partial charge in [0.15, 0.2) is 0 Å². The third-order valence-corrected chi connectivity index (χ3v) is 5.55. The van der Waals surface area contributed by atoms with E-state index in [1.165, 1.54) is 18.2 Å². The topological polar surface area (TPSA) is 75.7 Å². The first-order valence-corrected chi connectivity index (χ1v) is 9.81. The largest absolute Gasteiger partial charge is 0.372 e. The summed E-state index contributed by atoms with van der Waals surface area (Å²) in [5.74, 6) is -1.46. The van der Waals surface area contributed by atoms with Crippen molar-refractivity contribution in [2.75, 3.05) is 13.1 Å². The summed E-state index contributed by atoms with van der Waals surface area (Å²) < 4.78 is 46.9. The molecule has 0 saturated carbocycles. The van der Waals surface area contributed by atoms with E-state index in [0.717, 1.165) is 6.07 Å². The van der Waals surface area contributed by atoms with Crippen molar-refractivity contribution in [2.45, 2.75) is 50.8 Å². The molecule has 0 aliphatic carbocycles. The minimum Gasteiger partial charge on any atom is -0.372 e. The van der Waals surface area contributed by atoms with E-state index in [2.05, 4.69) is 4.72 Å². The van der Waals surface area contributed by atoms with Crippen LogP contribution in [0.5, 0.6) is 0 Å². The first kappa shape index (κ1) is 19.8. The molecule has 0 unspecified atom stereocenters. The lowest BCUT2D eigenvalue weighted by Gasteiger charge is -2.38. The summed E-state index contributed by atoms with van der Waals surface area (Å²) in [5, 5.41) is 0. The quantitative estimate of drug-likeness (QED) is 0.855. The number of rotatable bonds is 5. The molecule has 0 bridgehead atoms. The van der Waals surface area contributed by atoms with Crippen molar-refractivity contribution in [1.29, 1.82) is 0 Å². The molecule has 8 heteroatoms. The van der Waals surface area contributed by atoms with Crippen molar-refractivity contribution >= 4 is 15.9 Å². The Labute approximate surface area is 148 Å². The van der Waals surface area contributed by atoms with Crippen LogP contribution in [0.25, 0.3) is 0 Å². The Morgan fingerprint density at radius 3 is 2.32 bits per heavy atom. The SMILES string of the molecule is CC(C)[C@H](NS(=O)(=O)c1ccccc1F)C(=O)N1C[C@@H](C)O[C@H](C)C1. The second kappa shape index (κ2) is 7.80. The third kappa shape index (κ3) is 4.77. The Morgan fingerprint density at radius 1 is 1.24 bits per heavy atom. The number of sulfonamides is 1. The number of ether oxygens (including phenoxy) is 1. The lowest BCUT2D eigenvalue weighted by atomic mass is 10.0. The Bertz CT molecular complexity index is 713. The van der Waals surface area contributed by atoms with Crippen LogP contribution < -0.4 is 4.72 Å². The number of amides is 1. The van der Waals surface area contributed by atoms with Crippen LogP contribution in [0.15, 0.2) is 29.2 Å². The van der Waals surface area contributed by atoms with E-state index in [1.54, 1.807) is 18.7 Å². The Morgan fingerprint density at radius 2 is 1.80 bits per heavy atom. The zero-order valence-corrected chi connectivity index (χ0v) is 15.7. The summed E-state index contributed by atoms with van der Waals surface area (Å²) >= 11 is 0. The average molecular weight is 372 g/mol. The molecule has 1 fully saturated rings. The van der Waals surface area contributed by atoms with Gasteiger partial charge in [-0.25, -0.2) is 12.8 Å². The molecule has 1 amide bonds. The standard InChI is InChI=1S/C17H25FN2O4S/c1-11(2)16(17(21)20-9-12(3)24-13(4)10-20)19-25(22,23)15-8-6-5-7-14(15)18/h5-8,11-13,16,19H,9-10H2,1-4H3/t12-,13-,16+/m1/s1. The summed E-state index contributed by atoms with van der Waals surface area (Å²) in [6, 6.07) is 4.14. The Balaban J connectivity index is 2.23. The fraction of sp³-hybridized carbons (Fsp3) is 0.588. The Hall–Kier alpha value is -1.51. The number of morpholine rings is 1. The number of benzene rings is 1. The minimum atomic E-state index is -4.15. The molecule has 0 aromatic heterocycles. The third-order valence-electron chi connectivity index (χ3n) is 4.07. The van der Waals surface area contributed by atoms with Gasteiger partial charge >= 0.3 is 0 Å². The maximum atomic E-state index is 13.9. The van der Waals surface area contributed by atoms with E-state index in [-0.39, 0.29) is 24.0 Å². The van der Waals surface area contributed by atoms with Crippen LogP contribution in [0, 0.1) is 11.7 Å². The number of carbonyl (C=O) groups excluding carboxylic acids is 1. The molecule has 2 rings (SSSR count). The predicted molar refractivity (Wildman–Crippen MR) is 91.9 cm³/mol. The van der Waals surface area contributed by atoms with Gasteiger partial charge in [0.05, 0.1) is 12.2 Å². The van der Waals surface area contributed by atoms with Gasteiger partial charge < -0.3 is 9.64 Å². The van der Waals surface area contributed by atoms with Crippen LogP contribution in [0.1, 0.15) is 27.7 Å². The van der Waals surface area contributed by atoms with Crippen molar-refractivity contribution in [3.63, 3.8) is 0 Å². The highest BCUT2D eigenvalue weighted by Gasteiger charge is 2.35. The maximum Gasteiger partial charge on any atom is 0.244 e. The molecule has 1 N–H and O–H groups in total. The van der Waals surface area contributed by atoms with Gasteiger partial charge in [0.1, 0.15) is 16.8 Å². The van der Waals surface area contributed by atoms with E-state index in [4.69, 9.17) is 4.74 Å². The van der Waals surface area contributed by atoms with E-state index in [1.807, 2.05) is 13.8 Å². The number of hydrogen-bond donors (Lipinski definition) is 1. The monoisotopic (exact) mass is 372 g/mol. The number of halogens is 1. The number of nitrogens with one attached hydrogen (secondary N) is 1. The molecule has 1 aliphatic heterocycles. The molecule has 1 heterocycles. The van der Waals surface area contributed by atoms with E-state index in [0.29, 0.717) is 13.1 Å². The molecule has 3 atom stereocenters. The van der Waals surface area contributed by atoms with E-state index in [9.17, 15) is 17.6 Å². The highest BCUT2D eigenvalue weighted by atomic mass is 32.2. The van der Waals surface area contributed by atoms with Crippen molar-refractivity contribution in [2.24, 2.45) is 5.92 Å². The molecule has 25 heavy (non-hydrogen) atoms. The van der Waals surface area contributed by atoms with Gasteiger partial charge in [0, 0.05) is 13.1 Å². The van der Waals surface area contributed by atoms with Crippen LogP contribution in [0.3, 0.4) is 0 Å². The second-order valence-corrected chi connectivity index (χ2v) is 8.46. The summed E-state index contributed by atoms with van der Waals surface area (Å²) in [4.78, 5) is 14.0. The van der Waals surface area contributed by atoms with Crippen LogP contribution >= 0.6 is 0 Å². The number of nitrogens with zero attached hydrogens (tertiary/aromatic N) is 1. The molecule has 1 aromatic carbocycles. The van der Waals surface area contributed by atoms with E-state index >= 15 is 0 Å². The lowest BCUT2D eigenvalue weighted by molar-refractivity contribution is -0.145. The van der Waals surface area contributed by atoms with Gasteiger partial charge in [0.25, 0.3) is 0 Å². The van der Waals surface area contributed by atoms with Crippen molar-refractivity contribution in [3.8, 4) is 0 Å². The van der Waals surface area contributed by atoms with Gasteiger partial charge in [-0.2, -0.15) is 4.72 Å². The smallest absolute Gasteiger partial charge is 0.244 e. The molecular formula is C17H25FN2O4S. The van der Waals surface area contributed by atoms with Gasteiger partial charge in [-0.3, -0.25) is 4.79 Å². The summed E-state index contributed by atoms with van der Waals surface area (Å²) in [7, 11) is -4.15. The zero-order chi connectivity index (χ0) is 18.8. The Kier molecular flexibility index (Phi) is 6.18. The van der Waals surface area contributed by atoms with Crippen LogP contribution in [-0.2, 0) is 19.6 Å². The molecular weight excluding hydrogens is 347 g/mol. The number of hydrogen-bond acceptors (Lipinski definition) is 4. The molecule has 1 saturated heterocycles. The lowest BCUT2D eigenvalue weighted by Crippen LogP contribution is -2.56. The van der Waals surface area contributed by atoms with Crippen molar-refractivity contribution in [3.05, 3.63) is 30.1 Å². The summed E-state index contributed by atoms with van der Waals surface area (Å²) in [6.07, 6.45) is -0.243. The summed E-state index contributed by atoms with van der Waals surface area (Å²) in [5.41, 5.74) is 0. The van der Waals surface area contributed by atoms with Gasteiger partial charge in [-0.05, 0) is 31.9 Å². The minimum absolute atomic E-state index is 0.122. The van der Waals surface area contributed by atoms with Crippen LogP contribution in [0.2, 0.25) is 0 Å². The van der Waals surface area contributed by atoms with Gasteiger partial charge in [-0.1, -0.05) is 26.0 Å². The molecule has 1 aromatic rings. The molecule has 6 nitrogen and oxygen atoms in total. The molecule has 0 radical (unpaired) electrons. The maximum absolute atomic E-state index is 13.9. The van der Waals surface area contributed by atoms with Crippen LogP contribution in [0.4, 0.5) is 4.39 Å². The van der Waals surface area contributed by atoms with Gasteiger partial charge in [0.2, 0.25) is 15.9 Å². The van der Waals surface area contributed by atoms with Crippen molar-refractivity contribution < 1.29 is 22.3 Å². The first-order chi connectivity index (χ1) is 11.6. The van der Waals surface area contributed by atoms with Gasteiger partial charge in [-0.15, -0.1) is 0 Å². The molecule has 1 aliphatic rings. The number of carbonyl (C=O) groups is 1. The zero-order valence-electron chi connectivity index (χ0n) is 14.9. The summed E-state index contributed by atoms with van der Waals surface area (Å²) in [6.45, 7) is 8.02. The van der Waals surface area contributed by atoms with E-state index < -0.39 is 26.8 Å². The highest BCUT2D eigenvalue weighted by molar-refractivity contribution is 7.89. The van der Waals surface area contributed by atoms with Crippen LogP contribution in [-0.4, -0.2) is 50.6 Å². The second-order valence-electron chi connectivity index (χ2n) is 6.77. The molecule has 140 valence electrons. The predicted octanol–water partition coefficient (Wildman–Crippen LogP) is 1.76. The highest BCUT2D eigenvalue weighted by Crippen LogP contribution is 2.18. The first-order valence-electron chi connectivity index (χ1n) is 8.33. The van der Waals surface area contributed by atoms with Crippen molar-refractivity contribution in [1.82, 2.24) is 9.62 Å². The molecule has 0 spiro atoms. The fourth-order valence-corrected chi connectivity index (χ4v) is 4.34. The fourth-order valence-electron chi connectivity index (χ4n) is 2.92.